The van der Waals surface area contributed by atoms with E-state index in [1.54, 1.807) is 0 Å². The van der Waals surface area contributed by atoms with E-state index in [0.717, 1.165) is 18.4 Å². The van der Waals surface area contributed by atoms with Crippen LogP contribution in [0.2, 0.25) is 0 Å². The van der Waals surface area contributed by atoms with Gasteiger partial charge in [-0.1, -0.05) is 95.0 Å². The second kappa shape index (κ2) is 14.5. The van der Waals surface area contributed by atoms with Gasteiger partial charge in [-0.25, -0.2) is 4.57 Å². The third kappa shape index (κ3) is 12.7. The molecule has 0 amide bonds. The molecule has 1 unspecified atom stereocenters. The number of unbranched alkanes of at least 4 members (excludes halogenated alkanes) is 8. The molecular weight excluding hydrogens is 334 g/mol. The Hall–Kier alpha value is 0.330. The molecule has 134 valence electrons. The maximum atomic E-state index is 11.1. The second-order valence-electron chi connectivity index (χ2n) is 6.11. The van der Waals surface area contributed by atoms with Crippen LogP contribution in [0.4, 0.5) is 0 Å². The summed E-state index contributed by atoms with van der Waals surface area (Å²) in [5, 5.41) is 0. The fourth-order valence-electron chi connectivity index (χ4n) is 2.75. The molecule has 1 aromatic carbocycles. The van der Waals surface area contributed by atoms with Crippen molar-refractivity contribution in [3.05, 3.63) is 35.9 Å². The van der Waals surface area contributed by atoms with Gasteiger partial charge in [0.05, 0.1) is 6.10 Å². The van der Waals surface area contributed by atoms with Crippen molar-refractivity contribution in [1.29, 1.82) is 0 Å². The Morgan fingerprint density at radius 2 is 1.42 bits per heavy atom. The summed E-state index contributed by atoms with van der Waals surface area (Å²) in [6.45, 7) is 2.23. The molecule has 0 heterocycles. The summed E-state index contributed by atoms with van der Waals surface area (Å²) in [5.41, 5.74) is 0.829. The van der Waals surface area contributed by atoms with Gasteiger partial charge in [-0.15, -0.1) is 0 Å². The topological polar surface area (TPSA) is 66.8 Å². The summed E-state index contributed by atoms with van der Waals surface area (Å²) in [6.07, 6.45) is 11.1. The first-order chi connectivity index (χ1) is 11.0. The Morgan fingerprint density at radius 3 is 1.92 bits per heavy atom. The minimum absolute atomic E-state index is 0. The molecule has 0 aromatic heterocycles. The van der Waals surface area contributed by atoms with Crippen LogP contribution in [-0.2, 0) is 9.09 Å². The van der Waals surface area contributed by atoms with Gasteiger partial charge in [0.15, 0.2) is 0 Å². The van der Waals surface area contributed by atoms with Crippen molar-refractivity contribution in [3.8, 4) is 0 Å². The van der Waals surface area contributed by atoms with Crippen LogP contribution in [0.3, 0.4) is 0 Å². The molecule has 0 saturated carbocycles. The van der Waals surface area contributed by atoms with E-state index in [0.29, 0.717) is 6.42 Å². The number of hydrogen-bond donors (Lipinski definition) is 2. The van der Waals surface area contributed by atoms with Gasteiger partial charge in [0, 0.05) is 0 Å². The van der Waals surface area contributed by atoms with Crippen molar-refractivity contribution < 1.29 is 18.9 Å². The Kier molecular flexibility index (Phi) is 14.7. The van der Waals surface area contributed by atoms with Crippen LogP contribution in [0.15, 0.2) is 30.3 Å². The van der Waals surface area contributed by atoms with Crippen LogP contribution in [0, 0.1) is 0 Å². The number of benzene rings is 1. The predicted molar refractivity (Wildman–Crippen MR) is 101 cm³/mol. The fourth-order valence-corrected chi connectivity index (χ4v) is 3.31. The molecule has 0 bridgehead atoms. The van der Waals surface area contributed by atoms with Crippen molar-refractivity contribution in [1.82, 2.24) is 0 Å². The monoisotopic (exact) mass is 366 g/mol. The van der Waals surface area contributed by atoms with Gasteiger partial charge >= 0.3 is 37.4 Å². The van der Waals surface area contributed by atoms with E-state index in [4.69, 9.17) is 14.3 Å². The van der Waals surface area contributed by atoms with Crippen LogP contribution in [0.5, 0.6) is 0 Å². The van der Waals surface area contributed by atoms with Gasteiger partial charge in [0.25, 0.3) is 0 Å². The Morgan fingerprint density at radius 1 is 0.917 bits per heavy atom. The molecule has 1 atom stereocenters. The van der Waals surface area contributed by atoms with Crippen molar-refractivity contribution in [2.45, 2.75) is 77.2 Å². The fraction of sp³-hybridized carbons (Fsp3) is 0.667. The summed E-state index contributed by atoms with van der Waals surface area (Å²) in [6, 6.07) is 9.32. The normalized spacial score (nSPS) is 12.6. The molecule has 0 saturated heterocycles. The van der Waals surface area contributed by atoms with Crippen molar-refractivity contribution in [2.75, 3.05) is 0 Å². The van der Waals surface area contributed by atoms with Gasteiger partial charge in [-0.05, 0) is 12.0 Å². The van der Waals surface area contributed by atoms with Crippen LogP contribution in [0.25, 0.3) is 0 Å². The number of phosphoric ester groups is 1. The van der Waals surface area contributed by atoms with Crippen LogP contribution >= 0.6 is 7.82 Å². The molecule has 6 heteroatoms. The molecule has 0 aliphatic heterocycles. The first kappa shape index (κ1) is 24.3. The summed E-state index contributed by atoms with van der Waals surface area (Å²) in [5.74, 6) is 0. The van der Waals surface area contributed by atoms with Crippen LogP contribution in [-0.4, -0.2) is 39.3 Å². The average Bonchev–Trinajstić information content (AvgIpc) is 2.52. The van der Waals surface area contributed by atoms with Gasteiger partial charge in [-0.2, -0.15) is 0 Å². The molecule has 0 aliphatic carbocycles. The third-order valence-electron chi connectivity index (χ3n) is 4.01. The Bertz CT molecular complexity index is 450. The van der Waals surface area contributed by atoms with Gasteiger partial charge in [0.1, 0.15) is 0 Å². The maximum absolute atomic E-state index is 11.1. The molecule has 1 rings (SSSR count). The molecule has 0 spiro atoms. The molecular formula is C18H32NaO4P. The van der Waals surface area contributed by atoms with Gasteiger partial charge in [-0.3, -0.25) is 4.52 Å². The standard InChI is InChI=1S/C18H31O4P.Na.H/c1-2-3-4-5-6-7-8-9-13-16-18(22-23(19,20)21)17-14-11-10-12-15-17;;/h10-12,14-15,18H,2-9,13,16H2,1H3,(H2,19,20,21);;. The zero-order valence-corrected chi connectivity index (χ0v) is 15.1. The van der Waals surface area contributed by atoms with E-state index in [1.807, 2.05) is 30.3 Å². The number of hydrogen-bond acceptors (Lipinski definition) is 2. The van der Waals surface area contributed by atoms with Gasteiger partial charge < -0.3 is 9.79 Å². The Labute approximate surface area is 168 Å². The summed E-state index contributed by atoms with van der Waals surface area (Å²) in [4.78, 5) is 18.2. The van der Waals surface area contributed by atoms with Crippen LogP contribution in [0.1, 0.15) is 82.8 Å². The zero-order valence-electron chi connectivity index (χ0n) is 14.2. The summed E-state index contributed by atoms with van der Waals surface area (Å²) < 4.78 is 16.1. The van der Waals surface area contributed by atoms with E-state index in [1.165, 1.54) is 44.9 Å². The van der Waals surface area contributed by atoms with E-state index in [9.17, 15) is 4.57 Å². The van der Waals surface area contributed by atoms with Gasteiger partial charge in [0.2, 0.25) is 0 Å². The summed E-state index contributed by atoms with van der Waals surface area (Å²) in [7, 11) is -4.46. The number of rotatable bonds is 13. The summed E-state index contributed by atoms with van der Waals surface area (Å²) >= 11 is 0. The quantitative estimate of drug-likeness (QED) is 0.289. The van der Waals surface area contributed by atoms with Crippen LogP contribution < -0.4 is 0 Å². The second-order valence-corrected chi connectivity index (χ2v) is 7.30. The first-order valence-electron chi connectivity index (χ1n) is 8.82. The molecule has 0 fully saturated rings. The molecule has 1 aromatic rings. The van der Waals surface area contributed by atoms with Crippen molar-refractivity contribution >= 4 is 37.4 Å². The van der Waals surface area contributed by atoms with E-state index in [2.05, 4.69) is 6.92 Å². The molecule has 2 N–H and O–H groups in total. The molecule has 4 nitrogen and oxygen atoms in total. The van der Waals surface area contributed by atoms with E-state index in [-0.39, 0.29) is 29.6 Å². The average molecular weight is 366 g/mol. The van der Waals surface area contributed by atoms with E-state index < -0.39 is 13.9 Å². The molecule has 0 aliphatic rings. The molecule has 24 heavy (non-hydrogen) atoms. The Balaban J connectivity index is 0.00000529. The molecule has 0 radical (unpaired) electrons. The van der Waals surface area contributed by atoms with E-state index >= 15 is 0 Å². The first-order valence-corrected chi connectivity index (χ1v) is 10.3. The zero-order chi connectivity index (χ0) is 17.0. The third-order valence-corrected chi connectivity index (χ3v) is 4.53. The minimum atomic E-state index is -4.46. The predicted octanol–water partition coefficient (Wildman–Crippen LogP) is 5.11. The SMILES string of the molecule is CCCCCCCCCCCC(OP(=O)(O)O)c1ccccc1.[NaH]. The van der Waals surface area contributed by atoms with Crippen molar-refractivity contribution in [3.63, 3.8) is 0 Å². The van der Waals surface area contributed by atoms with Crippen molar-refractivity contribution in [2.24, 2.45) is 0 Å². The number of phosphoric acid groups is 1.